The Kier molecular flexibility index (Phi) is 27.1. The molecule has 2 aliphatic heterocycles. The molecule has 2 aromatic heterocycles. The molecular weight excluding hydrogens is 682 g/mol. The van der Waals surface area contributed by atoms with E-state index in [-0.39, 0.29) is 38.0 Å². The second-order valence-corrected chi connectivity index (χ2v) is 9.26. The van der Waals surface area contributed by atoms with Gasteiger partial charge in [0.1, 0.15) is 39.7 Å². The number of nitrogens with one attached hydrogen (secondary N) is 1. The van der Waals surface area contributed by atoms with Crippen molar-refractivity contribution in [2.45, 2.75) is 33.0 Å². The maximum atomic E-state index is 9.85. The third-order valence-corrected chi connectivity index (χ3v) is 5.00. The zero-order valence-electron chi connectivity index (χ0n) is 23.5. The van der Waals surface area contributed by atoms with Crippen molar-refractivity contribution in [3.8, 4) is 11.5 Å². The van der Waals surface area contributed by atoms with Gasteiger partial charge in [0.15, 0.2) is 0 Å². The Morgan fingerprint density at radius 2 is 1.24 bits per heavy atom. The number of rotatable bonds is 4. The summed E-state index contributed by atoms with van der Waals surface area (Å²) >= 11 is 6.54. The van der Waals surface area contributed by atoms with E-state index < -0.39 is 17.9 Å². The number of carbonyl (C=O) groups excluding carboxylic acids is 4. The molecule has 0 bridgehead atoms. The average Bonchev–Trinajstić information content (AvgIpc) is 2.83. The van der Waals surface area contributed by atoms with Crippen molar-refractivity contribution in [2.24, 2.45) is 0 Å². The SMILES string of the molecule is Brc1ccc(OC2CNC2)cn1.C=O.CC(=O)OOC(C)=O.CC(=O)[O-].CN1CC(Oc2ccc(Br)nc2)C1.[B].[Na+]. The van der Waals surface area contributed by atoms with Gasteiger partial charge in [-0.15, -0.1) is 0 Å². The quantitative estimate of drug-likeness (QED) is 0.159. The van der Waals surface area contributed by atoms with Gasteiger partial charge in [0.2, 0.25) is 0 Å². The van der Waals surface area contributed by atoms with Gasteiger partial charge >= 0.3 is 41.5 Å². The van der Waals surface area contributed by atoms with Crippen molar-refractivity contribution >= 4 is 65.0 Å². The van der Waals surface area contributed by atoms with Crippen LogP contribution in [0.2, 0.25) is 0 Å². The van der Waals surface area contributed by atoms with E-state index in [4.69, 9.17) is 24.2 Å². The van der Waals surface area contributed by atoms with Crippen molar-refractivity contribution in [3.63, 3.8) is 0 Å². The Hall–Kier alpha value is -2.08. The van der Waals surface area contributed by atoms with Gasteiger partial charge in [0, 0.05) is 54.4 Å². The second-order valence-electron chi connectivity index (χ2n) is 7.63. The van der Waals surface area contributed by atoms with Crippen LogP contribution in [0.25, 0.3) is 0 Å². The van der Waals surface area contributed by atoms with E-state index in [0.717, 1.165) is 67.7 Å². The first kappa shape index (κ1) is 43.4. The third kappa shape index (κ3) is 24.3. The number of halogens is 2. The largest absolute Gasteiger partial charge is 1.00 e. The van der Waals surface area contributed by atoms with Crippen LogP contribution in [-0.4, -0.2) is 93.4 Å². The summed E-state index contributed by atoms with van der Waals surface area (Å²) in [4.78, 5) is 54.6. The minimum atomic E-state index is -1.08. The van der Waals surface area contributed by atoms with E-state index in [0.29, 0.717) is 12.2 Å². The molecule has 0 unspecified atom stereocenters. The maximum absolute atomic E-state index is 9.85. The molecule has 0 aromatic carbocycles. The smallest absolute Gasteiger partial charge is 0.550 e. The molecule has 3 radical (unpaired) electrons. The summed E-state index contributed by atoms with van der Waals surface area (Å²) in [6.45, 7) is 9.16. The summed E-state index contributed by atoms with van der Waals surface area (Å²) in [7, 11) is 2.08. The molecule has 0 amide bonds. The van der Waals surface area contributed by atoms with Gasteiger partial charge in [-0.1, -0.05) is 0 Å². The number of carboxylic acid groups (broad SMARTS) is 1. The molecule has 2 aromatic rings. The third-order valence-electron chi connectivity index (χ3n) is 4.06. The molecule has 2 aliphatic rings. The first-order valence-corrected chi connectivity index (χ1v) is 12.8. The number of nitrogens with zero attached hydrogens (tertiary/aromatic N) is 3. The molecule has 0 aliphatic carbocycles. The average molecular weight is 713 g/mol. The molecule has 4 rings (SSSR count). The first-order valence-electron chi connectivity index (χ1n) is 11.2. The normalized spacial score (nSPS) is 13.0. The van der Waals surface area contributed by atoms with Crippen LogP contribution in [0.5, 0.6) is 11.5 Å². The summed E-state index contributed by atoms with van der Waals surface area (Å²) in [6, 6.07) is 7.60. The van der Waals surface area contributed by atoms with Crippen LogP contribution in [0.3, 0.4) is 0 Å². The summed E-state index contributed by atoms with van der Waals surface area (Å²) in [5.41, 5.74) is 0. The van der Waals surface area contributed by atoms with Gasteiger partial charge in [-0.2, -0.15) is 0 Å². The number of carbonyl (C=O) groups is 4. The maximum Gasteiger partial charge on any atom is 1.00 e. The Balaban J connectivity index is -0.000000482. The fourth-order valence-electron chi connectivity index (χ4n) is 2.43. The van der Waals surface area contributed by atoms with E-state index in [2.05, 4.69) is 68.9 Å². The molecule has 1 N–H and O–H groups in total. The number of likely N-dealkylation sites (tertiary alicyclic amines) is 1. The number of likely N-dealkylation sites (N-methyl/N-ethyl adjacent to an activating group) is 1. The molecule has 2 fully saturated rings. The van der Waals surface area contributed by atoms with Crippen molar-refractivity contribution in [1.82, 2.24) is 20.2 Å². The van der Waals surface area contributed by atoms with E-state index >= 15 is 0 Å². The fourth-order valence-corrected chi connectivity index (χ4v) is 2.90. The summed E-state index contributed by atoms with van der Waals surface area (Å²) in [6.07, 6.45) is 4.13. The van der Waals surface area contributed by atoms with Crippen LogP contribution >= 0.6 is 31.9 Å². The number of ether oxygens (including phenoxy) is 2. The van der Waals surface area contributed by atoms with Crippen LogP contribution in [0.1, 0.15) is 20.8 Å². The molecule has 17 heteroatoms. The summed E-state index contributed by atoms with van der Waals surface area (Å²) in [5, 5.41) is 12.0. The van der Waals surface area contributed by atoms with Crippen molar-refractivity contribution < 1.29 is 73.1 Å². The number of hydrogen-bond donors (Lipinski definition) is 1. The van der Waals surface area contributed by atoms with Crippen LogP contribution in [-0.2, 0) is 29.0 Å². The van der Waals surface area contributed by atoms with Crippen molar-refractivity contribution in [2.75, 3.05) is 33.2 Å². The second kappa shape index (κ2) is 25.6. The minimum absolute atomic E-state index is 0. The van der Waals surface area contributed by atoms with E-state index in [1.165, 1.54) is 0 Å². The summed E-state index contributed by atoms with van der Waals surface area (Å²) in [5.74, 6) is -0.675. The van der Waals surface area contributed by atoms with E-state index in [1.807, 2.05) is 31.1 Å². The van der Waals surface area contributed by atoms with Gasteiger partial charge in [0.05, 0.1) is 12.4 Å². The Morgan fingerprint density at radius 3 is 1.49 bits per heavy atom. The van der Waals surface area contributed by atoms with Crippen molar-refractivity contribution in [3.05, 3.63) is 45.9 Å². The number of aliphatic carboxylic acids is 1. The summed E-state index contributed by atoms with van der Waals surface area (Å²) < 4.78 is 12.9. The zero-order chi connectivity index (χ0) is 29.8. The molecule has 219 valence electrons. The topological polar surface area (TPSA) is 169 Å². The molecular formula is C24H31BBr2N4NaO9. The number of aromatic nitrogens is 2. The van der Waals surface area contributed by atoms with Crippen molar-refractivity contribution in [1.29, 1.82) is 0 Å². The molecule has 2 saturated heterocycles. The van der Waals surface area contributed by atoms with Gasteiger partial charge in [0.25, 0.3) is 0 Å². The Labute approximate surface area is 280 Å². The predicted octanol–water partition coefficient (Wildman–Crippen LogP) is -2.05. The van der Waals surface area contributed by atoms with E-state index in [1.54, 1.807) is 12.4 Å². The van der Waals surface area contributed by atoms with Gasteiger partial charge in [-0.3, -0.25) is 4.90 Å². The predicted molar refractivity (Wildman–Crippen MR) is 150 cm³/mol. The number of hydrogen-bond acceptors (Lipinski definition) is 13. The van der Waals surface area contributed by atoms with Crippen LogP contribution in [0.4, 0.5) is 0 Å². The standard InChI is InChI=1S/C9H11BrN2O.C8H9BrN2O.C4H6O4.C2H4O2.CH2O.B.Na/c1-12-5-8(6-12)13-7-2-3-9(10)11-4-7;9-8-2-1-6(5-11-8)12-7-3-10-4-7;1-3(5)7-8-4(2)6;1-2(3)4;1-2;;/h2-4,8H,5-6H2,1H3;1-2,5,7,10H,3-4H2;1-2H3;1H3,(H,3,4);1H2;;/q;;;;;;+1/p-1. The monoisotopic (exact) mass is 711 g/mol. The molecule has 0 saturated carbocycles. The van der Waals surface area contributed by atoms with Gasteiger partial charge < -0.3 is 29.5 Å². The Morgan fingerprint density at radius 1 is 0.878 bits per heavy atom. The number of pyridine rings is 2. The zero-order valence-corrected chi connectivity index (χ0v) is 28.7. The van der Waals surface area contributed by atoms with E-state index in [9.17, 15) is 9.59 Å². The molecule has 41 heavy (non-hydrogen) atoms. The van der Waals surface area contributed by atoms with Crippen LogP contribution in [0, 0.1) is 0 Å². The van der Waals surface area contributed by atoms with Crippen LogP contribution in [0.15, 0.2) is 45.9 Å². The fraction of sp³-hybridized carbons (Fsp3) is 0.417. The molecule has 13 nitrogen and oxygen atoms in total. The first-order chi connectivity index (χ1) is 18.4. The van der Waals surface area contributed by atoms with Gasteiger partial charge in [-0.25, -0.2) is 29.3 Å². The molecule has 0 atom stereocenters. The van der Waals surface area contributed by atoms with Crippen LogP contribution < -0.4 is 49.5 Å². The van der Waals surface area contributed by atoms with Gasteiger partial charge in [-0.05, 0) is 70.1 Å². The minimum Gasteiger partial charge on any atom is -0.550 e. The molecule has 4 heterocycles. The number of carboxylic acids is 1. The Bertz CT molecular complexity index is 984. The molecule has 0 spiro atoms.